The van der Waals surface area contributed by atoms with Crippen molar-refractivity contribution in [3.63, 3.8) is 0 Å². The first-order valence-electron chi connectivity index (χ1n) is 10.3. The molecule has 5 unspecified atom stereocenters. The van der Waals surface area contributed by atoms with E-state index in [0.717, 1.165) is 18.5 Å². The molecular formula is C21H30N4O6. The van der Waals surface area contributed by atoms with Gasteiger partial charge in [0.25, 0.3) is 0 Å². The van der Waals surface area contributed by atoms with E-state index >= 15 is 0 Å². The van der Waals surface area contributed by atoms with Crippen molar-refractivity contribution in [2.24, 2.45) is 0 Å². The molecule has 170 valence electrons. The lowest BCUT2D eigenvalue weighted by Gasteiger charge is -2.24. The first-order valence-corrected chi connectivity index (χ1v) is 10.3. The zero-order chi connectivity index (χ0) is 23.0. The van der Waals surface area contributed by atoms with Crippen molar-refractivity contribution < 1.29 is 29.4 Å². The molecule has 0 aromatic heterocycles. The Morgan fingerprint density at radius 2 is 1.74 bits per heavy atom. The fraction of sp³-hybridized carbons (Fsp3) is 0.524. The van der Waals surface area contributed by atoms with Crippen LogP contribution >= 0.6 is 0 Å². The Morgan fingerprint density at radius 3 is 2.29 bits per heavy atom. The van der Waals surface area contributed by atoms with Gasteiger partial charge >= 0.3 is 5.97 Å². The van der Waals surface area contributed by atoms with Crippen LogP contribution in [0.15, 0.2) is 30.3 Å². The lowest BCUT2D eigenvalue weighted by atomic mass is 10.0. The second kappa shape index (κ2) is 11.4. The molecule has 3 amide bonds. The monoisotopic (exact) mass is 434 g/mol. The fourth-order valence-electron chi connectivity index (χ4n) is 3.29. The molecule has 0 saturated carbocycles. The van der Waals surface area contributed by atoms with Crippen molar-refractivity contribution in [2.45, 2.75) is 63.4 Å². The molecule has 0 spiro atoms. The molecule has 1 fully saturated rings. The molecule has 0 radical (unpaired) electrons. The maximum absolute atomic E-state index is 12.8. The molecular weight excluding hydrogens is 404 g/mol. The lowest BCUT2D eigenvalue weighted by molar-refractivity contribution is -0.145. The smallest absolute Gasteiger partial charge is 0.328 e. The first kappa shape index (κ1) is 24.3. The second-order valence-electron chi connectivity index (χ2n) is 7.70. The molecule has 10 nitrogen and oxygen atoms in total. The van der Waals surface area contributed by atoms with Gasteiger partial charge in [0.2, 0.25) is 17.7 Å². The van der Waals surface area contributed by atoms with Crippen LogP contribution in [-0.2, 0) is 25.6 Å². The second-order valence-corrected chi connectivity index (χ2v) is 7.70. The summed E-state index contributed by atoms with van der Waals surface area (Å²) in [7, 11) is 0. The summed E-state index contributed by atoms with van der Waals surface area (Å²) in [5.41, 5.74) is 0.749. The molecule has 0 bridgehead atoms. The largest absolute Gasteiger partial charge is 0.480 e. The van der Waals surface area contributed by atoms with Crippen LogP contribution in [0.25, 0.3) is 0 Å². The number of aliphatic hydroxyl groups excluding tert-OH is 1. The third-order valence-electron chi connectivity index (χ3n) is 5.09. The van der Waals surface area contributed by atoms with E-state index in [4.69, 9.17) is 0 Å². The highest BCUT2D eigenvalue weighted by molar-refractivity contribution is 5.94. The highest BCUT2D eigenvalue weighted by atomic mass is 16.4. The van der Waals surface area contributed by atoms with E-state index < -0.39 is 42.0 Å². The lowest BCUT2D eigenvalue weighted by Crippen LogP contribution is -2.58. The number of hydrogen-bond acceptors (Lipinski definition) is 6. The van der Waals surface area contributed by atoms with Gasteiger partial charge in [0.05, 0.1) is 12.1 Å². The summed E-state index contributed by atoms with van der Waals surface area (Å²) >= 11 is 0. The number of nitrogens with one attached hydrogen (secondary N) is 4. The normalized spacial score (nSPS) is 19.5. The molecule has 31 heavy (non-hydrogen) atoms. The molecule has 1 aromatic rings. The van der Waals surface area contributed by atoms with Gasteiger partial charge in [0.1, 0.15) is 12.1 Å². The molecule has 10 heteroatoms. The Bertz CT molecular complexity index is 779. The topological polar surface area (TPSA) is 157 Å². The van der Waals surface area contributed by atoms with E-state index in [0.29, 0.717) is 6.42 Å². The van der Waals surface area contributed by atoms with Gasteiger partial charge in [0.15, 0.2) is 6.04 Å². The number of aliphatic carboxylic acids is 1. The Balaban J connectivity index is 2.07. The van der Waals surface area contributed by atoms with Crippen molar-refractivity contribution in [3.05, 3.63) is 35.9 Å². The Kier molecular flexibility index (Phi) is 8.95. The number of aliphatic hydroxyl groups is 1. The predicted molar refractivity (Wildman–Crippen MR) is 112 cm³/mol. The summed E-state index contributed by atoms with van der Waals surface area (Å²) in [6, 6.07) is 5.04. The average molecular weight is 434 g/mol. The Labute approximate surface area is 180 Å². The third kappa shape index (κ3) is 7.34. The van der Waals surface area contributed by atoms with E-state index in [1.807, 2.05) is 0 Å². The number of carboxylic acid groups (broad SMARTS) is 1. The predicted octanol–water partition coefficient (Wildman–Crippen LogP) is -1.08. The van der Waals surface area contributed by atoms with Gasteiger partial charge in [-0.3, -0.25) is 14.4 Å². The third-order valence-corrected chi connectivity index (χ3v) is 5.09. The van der Waals surface area contributed by atoms with Crippen LogP contribution in [0.4, 0.5) is 0 Å². The number of carbonyl (C=O) groups excluding carboxylic acids is 3. The van der Waals surface area contributed by atoms with Crippen LogP contribution in [0.2, 0.25) is 0 Å². The van der Waals surface area contributed by atoms with E-state index in [1.54, 1.807) is 30.3 Å². The minimum atomic E-state index is -1.52. The van der Waals surface area contributed by atoms with Gasteiger partial charge in [0, 0.05) is 6.42 Å². The average Bonchev–Trinajstić information content (AvgIpc) is 3.26. The first-order chi connectivity index (χ1) is 14.7. The van der Waals surface area contributed by atoms with Gasteiger partial charge in [-0.05, 0) is 38.8 Å². The molecule has 1 aromatic carbocycles. The van der Waals surface area contributed by atoms with Crippen LogP contribution in [-0.4, -0.2) is 70.7 Å². The quantitative estimate of drug-likeness (QED) is 0.273. The van der Waals surface area contributed by atoms with Crippen molar-refractivity contribution in [1.82, 2.24) is 21.3 Å². The number of hydrogen-bond donors (Lipinski definition) is 6. The number of rotatable bonds is 10. The molecule has 1 heterocycles. The zero-order valence-corrected chi connectivity index (χ0v) is 17.6. The molecule has 1 aliphatic rings. The molecule has 1 saturated heterocycles. The molecule has 6 N–H and O–H groups in total. The molecule has 5 atom stereocenters. The number of carboxylic acids is 1. The van der Waals surface area contributed by atoms with Gasteiger partial charge in [-0.2, -0.15) is 0 Å². The van der Waals surface area contributed by atoms with Crippen molar-refractivity contribution in [1.29, 1.82) is 0 Å². The summed E-state index contributed by atoms with van der Waals surface area (Å²) in [5, 5.41) is 29.4. The number of carbonyl (C=O) groups is 4. The maximum atomic E-state index is 12.8. The summed E-state index contributed by atoms with van der Waals surface area (Å²) in [5.74, 6) is -3.00. The summed E-state index contributed by atoms with van der Waals surface area (Å²) in [6.07, 6.45) is 0.350. The van der Waals surface area contributed by atoms with Crippen LogP contribution < -0.4 is 21.3 Å². The summed E-state index contributed by atoms with van der Waals surface area (Å²) < 4.78 is 0. The Morgan fingerprint density at radius 1 is 1.06 bits per heavy atom. The van der Waals surface area contributed by atoms with Gasteiger partial charge in [-0.1, -0.05) is 30.3 Å². The standard InChI is InChI=1S/C21H30N4O6/c1-12(23-19(28)15-9-6-10-22-15)18(27)24-16(11-14-7-4-3-5-8-14)20(29)25-17(13(2)26)21(30)31/h3-5,7-8,12-13,15-17,22,26H,6,9-11H2,1-2H3,(H,23,28)(H,24,27)(H,25,29)(H,30,31). The van der Waals surface area contributed by atoms with Crippen LogP contribution in [0.5, 0.6) is 0 Å². The highest BCUT2D eigenvalue weighted by Crippen LogP contribution is 2.07. The minimum Gasteiger partial charge on any atom is -0.480 e. The number of benzene rings is 1. The van der Waals surface area contributed by atoms with E-state index in [2.05, 4.69) is 21.3 Å². The Hall–Kier alpha value is -2.98. The van der Waals surface area contributed by atoms with E-state index in [-0.39, 0.29) is 18.4 Å². The van der Waals surface area contributed by atoms with Gasteiger partial charge in [-0.15, -0.1) is 0 Å². The van der Waals surface area contributed by atoms with Crippen molar-refractivity contribution >= 4 is 23.7 Å². The van der Waals surface area contributed by atoms with Crippen LogP contribution in [0, 0.1) is 0 Å². The molecule has 1 aliphatic heterocycles. The van der Waals surface area contributed by atoms with E-state index in [9.17, 15) is 29.4 Å². The molecule has 0 aliphatic carbocycles. The van der Waals surface area contributed by atoms with Gasteiger partial charge < -0.3 is 31.5 Å². The molecule has 2 rings (SSSR count). The van der Waals surface area contributed by atoms with Gasteiger partial charge in [-0.25, -0.2) is 4.79 Å². The minimum absolute atomic E-state index is 0.107. The van der Waals surface area contributed by atoms with Crippen LogP contribution in [0.1, 0.15) is 32.3 Å². The summed E-state index contributed by atoms with van der Waals surface area (Å²) in [4.78, 5) is 49.0. The van der Waals surface area contributed by atoms with E-state index in [1.165, 1.54) is 13.8 Å². The SMILES string of the molecule is CC(NC(=O)C1CCCN1)C(=O)NC(Cc1ccccc1)C(=O)NC(C(=O)O)C(C)O. The van der Waals surface area contributed by atoms with Crippen molar-refractivity contribution in [2.75, 3.05) is 6.54 Å². The number of amides is 3. The fourth-order valence-corrected chi connectivity index (χ4v) is 3.29. The van der Waals surface area contributed by atoms with Crippen LogP contribution in [0.3, 0.4) is 0 Å². The highest BCUT2D eigenvalue weighted by Gasteiger charge is 2.31. The van der Waals surface area contributed by atoms with Crippen molar-refractivity contribution in [3.8, 4) is 0 Å². The zero-order valence-electron chi connectivity index (χ0n) is 17.6. The summed E-state index contributed by atoms with van der Waals surface area (Å²) in [6.45, 7) is 3.50. The maximum Gasteiger partial charge on any atom is 0.328 e.